The molecule has 2 aromatic rings. The molecule has 0 bridgehead atoms. The average molecular weight is 602 g/mol. The van der Waals surface area contributed by atoms with Gasteiger partial charge in [-0.1, -0.05) is 6.08 Å². The van der Waals surface area contributed by atoms with Gasteiger partial charge in [0.25, 0.3) is 0 Å². The predicted molar refractivity (Wildman–Crippen MR) is 143 cm³/mol. The second kappa shape index (κ2) is 12.0. The highest BCUT2D eigenvalue weighted by Crippen LogP contribution is 2.37. The number of halogens is 6. The van der Waals surface area contributed by atoms with Crippen LogP contribution in [0.5, 0.6) is 0 Å². The summed E-state index contributed by atoms with van der Waals surface area (Å²) in [5, 5.41) is 0. The third-order valence-corrected chi connectivity index (χ3v) is 6.92. The maximum Gasteiger partial charge on any atom is 0.416 e. The molecule has 0 saturated carbocycles. The molecule has 1 aromatic carbocycles. The van der Waals surface area contributed by atoms with E-state index in [-0.39, 0.29) is 37.1 Å². The maximum atomic E-state index is 13.6. The lowest BCUT2D eigenvalue weighted by molar-refractivity contribution is -0.143. The lowest BCUT2D eigenvalue weighted by Crippen LogP contribution is -2.42. The summed E-state index contributed by atoms with van der Waals surface area (Å²) < 4.78 is 92.5. The van der Waals surface area contributed by atoms with Gasteiger partial charge in [-0.25, -0.2) is 14.8 Å². The van der Waals surface area contributed by atoms with Gasteiger partial charge < -0.3 is 19.3 Å². The summed E-state index contributed by atoms with van der Waals surface area (Å²) in [6, 6.07) is 0.409. The van der Waals surface area contributed by atoms with E-state index in [1.807, 2.05) is 4.90 Å². The normalized spacial score (nSPS) is 20.0. The van der Waals surface area contributed by atoms with Crippen molar-refractivity contribution >= 4 is 17.7 Å². The van der Waals surface area contributed by atoms with E-state index in [2.05, 4.69) is 16.5 Å². The largest absolute Gasteiger partial charge is 0.444 e. The fourth-order valence-electron chi connectivity index (χ4n) is 4.94. The zero-order chi connectivity index (χ0) is 30.9. The second-order valence-electron chi connectivity index (χ2n) is 11.2. The molecule has 0 aliphatic carbocycles. The average Bonchev–Trinajstić information content (AvgIpc) is 3.35. The van der Waals surface area contributed by atoms with E-state index in [1.165, 1.54) is 9.80 Å². The van der Waals surface area contributed by atoms with E-state index in [4.69, 9.17) is 9.47 Å². The molecule has 2 aliphatic rings. The Morgan fingerprint density at radius 1 is 1.05 bits per heavy atom. The number of nitrogens with zero attached hydrogens (tertiary/aromatic N) is 5. The highest BCUT2D eigenvalue weighted by atomic mass is 19.4. The number of alkyl halides is 6. The first-order valence-electron chi connectivity index (χ1n) is 13.4. The number of anilines is 2. The molecule has 230 valence electrons. The molecule has 2 aliphatic heterocycles. The Hall–Kier alpha value is -3.55. The number of aromatic nitrogens is 2. The molecule has 42 heavy (non-hydrogen) atoms. The molecule has 3 heterocycles. The van der Waals surface area contributed by atoms with Crippen LogP contribution < -0.4 is 9.80 Å². The van der Waals surface area contributed by atoms with Crippen LogP contribution in [0.2, 0.25) is 0 Å². The van der Waals surface area contributed by atoms with Gasteiger partial charge in [-0.3, -0.25) is 4.90 Å². The fraction of sp³-hybridized carbons (Fsp3) is 0.536. The Kier molecular flexibility index (Phi) is 8.95. The van der Waals surface area contributed by atoms with Crippen molar-refractivity contribution in [3.63, 3.8) is 0 Å². The summed E-state index contributed by atoms with van der Waals surface area (Å²) in [5.74, 6) is 0.0943. The van der Waals surface area contributed by atoms with Crippen molar-refractivity contribution in [1.29, 1.82) is 0 Å². The molecule has 0 unspecified atom stereocenters. The topological polar surface area (TPSA) is 71.0 Å². The molecule has 8 nitrogen and oxygen atoms in total. The quantitative estimate of drug-likeness (QED) is 0.301. The van der Waals surface area contributed by atoms with E-state index < -0.39 is 47.3 Å². The zero-order valence-corrected chi connectivity index (χ0v) is 23.5. The number of rotatable bonds is 6. The Labute approximate surface area is 239 Å². The minimum atomic E-state index is -4.99. The first kappa shape index (κ1) is 31.4. The van der Waals surface area contributed by atoms with Gasteiger partial charge >= 0.3 is 18.4 Å². The van der Waals surface area contributed by atoms with Gasteiger partial charge in [0.1, 0.15) is 5.60 Å². The Morgan fingerprint density at radius 3 is 2.12 bits per heavy atom. The van der Waals surface area contributed by atoms with Crippen molar-refractivity contribution in [3.8, 4) is 0 Å². The number of ether oxygens (including phenoxy) is 2. The lowest BCUT2D eigenvalue weighted by Gasteiger charge is -2.31. The minimum absolute atomic E-state index is 0.0608. The third kappa shape index (κ3) is 7.64. The van der Waals surface area contributed by atoms with Crippen LogP contribution in [0.25, 0.3) is 0 Å². The third-order valence-electron chi connectivity index (χ3n) is 6.92. The molecule has 1 aromatic heterocycles. The maximum absolute atomic E-state index is 13.6. The van der Waals surface area contributed by atoms with Crippen LogP contribution in [-0.2, 0) is 28.4 Å². The van der Waals surface area contributed by atoms with Gasteiger partial charge in [0, 0.05) is 26.2 Å². The smallest absolute Gasteiger partial charge is 0.416 e. The van der Waals surface area contributed by atoms with Crippen molar-refractivity contribution in [2.45, 2.75) is 63.8 Å². The van der Waals surface area contributed by atoms with Crippen LogP contribution >= 0.6 is 0 Å². The van der Waals surface area contributed by atoms with Gasteiger partial charge in [-0.15, -0.1) is 6.58 Å². The highest BCUT2D eigenvalue weighted by Gasteiger charge is 2.41. The van der Waals surface area contributed by atoms with Gasteiger partial charge in [0.15, 0.2) is 0 Å². The highest BCUT2D eigenvalue weighted by molar-refractivity contribution is 5.69. The van der Waals surface area contributed by atoms with Crippen LogP contribution in [-0.4, -0.2) is 71.5 Å². The van der Waals surface area contributed by atoms with Crippen LogP contribution in [0, 0.1) is 0 Å². The summed E-state index contributed by atoms with van der Waals surface area (Å²) in [4.78, 5) is 26.8. The molecule has 2 atom stereocenters. The van der Waals surface area contributed by atoms with Crippen molar-refractivity contribution < 1.29 is 40.6 Å². The number of amides is 1. The number of morpholine rings is 1. The molecule has 1 amide bonds. The standard InChI is InChI=1S/C28H33F6N5O3/c1-5-21-13-22(17-39(21)25(40)42-26(2,3)4)38(24-35-14-23(15-36-24)37-6-8-41-9-7-37)16-18-10-19(27(29,30)31)12-20(11-18)28(32,33)34/h5,10-12,14-15,21-22H,1,6-9,13,16-17H2,2-4H3/t21-,22+/m1/s1. The van der Waals surface area contributed by atoms with Crippen LogP contribution in [0.15, 0.2) is 43.2 Å². The number of hydrogen-bond acceptors (Lipinski definition) is 7. The van der Waals surface area contributed by atoms with Gasteiger partial charge in [-0.2, -0.15) is 26.3 Å². The molecule has 0 spiro atoms. The van der Waals surface area contributed by atoms with Gasteiger partial charge in [-0.05, 0) is 51.0 Å². The second-order valence-corrected chi connectivity index (χ2v) is 11.2. The number of benzene rings is 1. The Bertz CT molecular complexity index is 1220. The first-order valence-corrected chi connectivity index (χ1v) is 13.4. The predicted octanol–water partition coefficient (Wildman–Crippen LogP) is 5.92. The molecule has 2 saturated heterocycles. The van der Waals surface area contributed by atoms with Gasteiger partial charge in [0.05, 0.1) is 54.5 Å². The number of hydrogen-bond donors (Lipinski definition) is 0. The van der Waals surface area contributed by atoms with Crippen LogP contribution in [0.1, 0.15) is 43.9 Å². The van der Waals surface area contributed by atoms with Crippen molar-refractivity contribution in [2.24, 2.45) is 0 Å². The summed E-state index contributed by atoms with van der Waals surface area (Å²) in [7, 11) is 0. The minimum Gasteiger partial charge on any atom is -0.444 e. The van der Waals surface area contributed by atoms with E-state index in [0.717, 1.165) is 0 Å². The number of carbonyl (C=O) groups excluding carboxylic acids is 1. The van der Waals surface area contributed by atoms with Crippen molar-refractivity contribution in [1.82, 2.24) is 14.9 Å². The number of likely N-dealkylation sites (tertiary alicyclic amines) is 1. The van der Waals surface area contributed by atoms with E-state index in [0.29, 0.717) is 44.1 Å². The van der Waals surface area contributed by atoms with Crippen LogP contribution in [0.3, 0.4) is 0 Å². The first-order chi connectivity index (χ1) is 19.5. The Balaban J connectivity index is 1.71. The van der Waals surface area contributed by atoms with Gasteiger partial charge in [0.2, 0.25) is 5.95 Å². The molecule has 14 heteroatoms. The van der Waals surface area contributed by atoms with E-state index in [9.17, 15) is 31.1 Å². The summed E-state index contributed by atoms with van der Waals surface area (Å²) in [6.45, 7) is 10.9. The van der Waals surface area contributed by atoms with Crippen molar-refractivity contribution in [3.05, 3.63) is 59.9 Å². The van der Waals surface area contributed by atoms with Crippen LogP contribution in [0.4, 0.5) is 42.8 Å². The fourth-order valence-corrected chi connectivity index (χ4v) is 4.94. The molecule has 0 radical (unpaired) electrons. The monoisotopic (exact) mass is 601 g/mol. The summed E-state index contributed by atoms with van der Waals surface area (Å²) in [5.41, 5.74) is -3.15. The molecular weight excluding hydrogens is 568 g/mol. The van der Waals surface area contributed by atoms with E-state index >= 15 is 0 Å². The summed E-state index contributed by atoms with van der Waals surface area (Å²) >= 11 is 0. The Morgan fingerprint density at radius 2 is 1.62 bits per heavy atom. The zero-order valence-electron chi connectivity index (χ0n) is 23.5. The molecule has 2 fully saturated rings. The van der Waals surface area contributed by atoms with Crippen molar-refractivity contribution in [2.75, 3.05) is 42.6 Å². The molecule has 0 N–H and O–H groups in total. The SMILES string of the molecule is C=C[C@@H]1C[C@H](N(Cc2cc(C(F)(F)F)cc(C(F)(F)F)c2)c2ncc(N3CCOCC3)cn2)CN1C(=O)OC(C)(C)C. The number of carbonyl (C=O) groups is 1. The molecular formula is C28H33F6N5O3. The summed E-state index contributed by atoms with van der Waals surface area (Å²) in [6.07, 6.45) is -5.66. The lowest BCUT2D eigenvalue weighted by atomic mass is 10.0. The van der Waals surface area contributed by atoms with E-state index in [1.54, 1.807) is 39.2 Å². The molecule has 4 rings (SSSR count).